The summed E-state index contributed by atoms with van der Waals surface area (Å²) in [7, 11) is 0. The van der Waals surface area contributed by atoms with Crippen molar-refractivity contribution in [3.05, 3.63) is 52.0 Å². The van der Waals surface area contributed by atoms with Gasteiger partial charge in [0.05, 0.1) is 21.4 Å². The van der Waals surface area contributed by atoms with Crippen LogP contribution in [0.15, 0.2) is 30.3 Å². The molecule has 0 saturated carbocycles. The van der Waals surface area contributed by atoms with E-state index in [2.05, 4.69) is 5.32 Å². The Labute approximate surface area is 112 Å². The molecule has 94 valence electrons. The van der Waals surface area contributed by atoms with Gasteiger partial charge >= 0.3 is 0 Å². The van der Waals surface area contributed by atoms with E-state index < -0.39 is 11.6 Å². The lowest BCUT2D eigenvalue weighted by atomic mass is 10.2. The number of para-hydroxylation sites is 1. The Kier molecular flexibility index (Phi) is 3.59. The van der Waals surface area contributed by atoms with Crippen LogP contribution in [0.3, 0.4) is 0 Å². The maximum absolute atomic E-state index is 13.6. The van der Waals surface area contributed by atoms with Crippen molar-refractivity contribution in [1.82, 2.24) is 0 Å². The number of hydrogen-bond acceptors (Lipinski definition) is 2. The molecule has 0 bridgehead atoms. The monoisotopic (exact) mass is 288 g/mol. The number of nitrogens with two attached hydrogens (primary N) is 1. The molecule has 2 aromatic rings. The Morgan fingerprint density at radius 1 is 0.944 bits per heavy atom. The van der Waals surface area contributed by atoms with Crippen molar-refractivity contribution in [2.24, 2.45) is 0 Å². The highest BCUT2D eigenvalue weighted by atomic mass is 35.5. The van der Waals surface area contributed by atoms with Gasteiger partial charge in [-0.15, -0.1) is 0 Å². The number of halogens is 4. The summed E-state index contributed by atoms with van der Waals surface area (Å²) in [6, 6.07) is 6.99. The van der Waals surface area contributed by atoms with Gasteiger partial charge in [-0.2, -0.15) is 0 Å². The molecule has 0 fully saturated rings. The van der Waals surface area contributed by atoms with Gasteiger partial charge in [0.1, 0.15) is 5.69 Å². The maximum atomic E-state index is 13.6. The highest BCUT2D eigenvalue weighted by Gasteiger charge is 2.14. The summed E-state index contributed by atoms with van der Waals surface area (Å²) in [5, 5.41) is 3.18. The lowest BCUT2D eigenvalue weighted by Crippen LogP contribution is -2.02. The van der Waals surface area contributed by atoms with Gasteiger partial charge < -0.3 is 11.1 Å². The van der Waals surface area contributed by atoms with Crippen LogP contribution < -0.4 is 11.1 Å². The molecule has 2 rings (SSSR count). The molecule has 0 radical (unpaired) electrons. The van der Waals surface area contributed by atoms with E-state index in [-0.39, 0.29) is 27.1 Å². The number of hydrogen-bond donors (Lipinski definition) is 2. The summed E-state index contributed by atoms with van der Waals surface area (Å²) in [6.07, 6.45) is 0. The second-order valence-electron chi connectivity index (χ2n) is 3.55. The van der Waals surface area contributed by atoms with Crippen LogP contribution >= 0.6 is 23.2 Å². The fourth-order valence-electron chi connectivity index (χ4n) is 1.43. The van der Waals surface area contributed by atoms with Gasteiger partial charge in [-0.05, 0) is 24.3 Å². The second-order valence-corrected chi connectivity index (χ2v) is 4.36. The highest BCUT2D eigenvalue weighted by molar-refractivity contribution is 6.39. The van der Waals surface area contributed by atoms with E-state index in [0.717, 1.165) is 6.07 Å². The van der Waals surface area contributed by atoms with E-state index in [1.807, 2.05) is 0 Å². The molecule has 0 aliphatic heterocycles. The topological polar surface area (TPSA) is 38.0 Å². The number of rotatable bonds is 2. The lowest BCUT2D eigenvalue weighted by molar-refractivity contribution is 0.512. The number of nitrogen functional groups attached to an aromatic ring is 1. The first-order valence-electron chi connectivity index (χ1n) is 4.95. The molecule has 2 aromatic carbocycles. The van der Waals surface area contributed by atoms with Crippen molar-refractivity contribution < 1.29 is 8.78 Å². The molecule has 0 saturated heterocycles. The van der Waals surface area contributed by atoms with Crippen molar-refractivity contribution in [2.75, 3.05) is 11.1 Å². The van der Waals surface area contributed by atoms with Crippen LogP contribution in [0.5, 0.6) is 0 Å². The standard InChI is InChI=1S/C12H8Cl2F2N2/c13-6-2-1-3-7(14)11(6)18-12-9(17)5-4-8(15)10(12)16/h1-5,18H,17H2. The van der Waals surface area contributed by atoms with Crippen molar-refractivity contribution in [3.8, 4) is 0 Å². The summed E-state index contributed by atoms with van der Waals surface area (Å²) >= 11 is 11.8. The molecule has 0 aromatic heterocycles. The molecular formula is C12H8Cl2F2N2. The minimum atomic E-state index is -1.08. The van der Waals surface area contributed by atoms with E-state index in [0.29, 0.717) is 0 Å². The number of anilines is 3. The van der Waals surface area contributed by atoms with Gasteiger partial charge in [-0.25, -0.2) is 8.78 Å². The fourth-order valence-corrected chi connectivity index (χ4v) is 1.93. The van der Waals surface area contributed by atoms with Gasteiger partial charge in [0.25, 0.3) is 0 Å². The van der Waals surface area contributed by atoms with Crippen LogP contribution in [-0.2, 0) is 0 Å². The van der Waals surface area contributed by atoms with Crippen LogP contribution in [0.1, 0.15) is 0 Å². The lowest BCUT2D eigenvalue weighted by Gasteiger charge is -2.13. The van der Waals surface area contributed by atoms with Gasteiger partial charge in [0, 0.05) is 0 Å². The predicted molar refractivity (Wildman–Crippen MR) is 70.5 cm³/mol. The van der Waals surface area contributed by atoms with E-state index in [4.69, 9.17) is 28.9 Å². The molecule has 0 amide bonds. The summed E-state index contributed by atoms with van der Waals surface area (Å²) in [5.41, 5.74) is 5.73. The van der Waals surface area contributed by atoms with Crippen molar-refractivity contribution in [3.63, 3.8) is 0 Å². The zero-order valence-corrected chi connectivity index (χ0v) is 10.5. The molecular weight excluding hydrogens is 281 g/mol. The van der Waals surface area contributed by atoms with Gasteiger partial charge in [0.2, 0.25) is 0 Å². The van der Waals surface area contributed by atoms with Crippen molar-refractivity contribution in [1.29, 1.82) is 0 Å². The zero-order chi connectivity index (χ0) is 13.3. The van der Waals surface area contributed by atoms with Gasteiger partial charge in [0.15, 0.2) is 11.6 Å². The van der Waals surface area contributed by atoms with Gasteiger partial charge in [-0.1, -0.05) is 29.3 Å². The summed E-state index contributed by atoms with van der Waals surface area (Å²) in [5.74, 6) is -2.08. The second kappa shape index (κ2) is 5.00. The Morgan fingerprint density at radius 3 is 2.17 bits per heavy atom. The Bertz CT molecular complexity index is 583. The van der Waals surface area contributed by atoms with Gasteiger partial charge in [-0.3, -0.25) is 0 Å². The summed E-state index contributed by atoms with van der Waals surface area (Å²) in [4.78, 5) is 0. The smallest absolute Gasteiger partial charge is 0.184 e. The molecule has 0 atom stereocenters. The number of benzene rings is 2. The van der Waals surface area contributed by atoms with Crippen LogP contribution in [0.2, 0.25) is 10.0 Å². The molecule has 3 N–H and O–H groups in total. The minimum Gasteiger partial charge on any atom is -0.397 e. The molecule has 6 heteroatoms. The van der Waals surface area contributed by atoms with E-state index in [9.17, 15) is 8.78 Å². The third-order valence-corrected chi connectivity index (χ3v) is 2.97. The molecule has 0 aliphatic carbocycles. The first-order chi connectivity index (χ1) is 8.50. The minimum absolute atomic E-state index is 0.0601. The largest absolute Gasteiger partial charge is 0.397 e. The molecule has 2 nitrogen and oxygen atoms in total. The van der Waals surface area contributed by atoms with Crippen LogP contribution in [0, 0.1) is 11.6 Å². The van der Waals surface area contributed by atoms with Crippen molar-refractivity contribution >= 4 is 40.3 Å². The summed E-state index contributed by atoms with van der Waals surface area (Å²) < 4.78 is 26.7. The molecule has 0 aliphatic rings. The predicted octanol–water partition coefficient (Wildman–Crippen LogP) is 4.60. The Morgan fingerprint density at radius 2 is 1.56 bits per heavy atom. The van der Waals surface area contributed by atoms with E-state index in [1.165, 1.54) is 6.07 Å². The highest BCUT2D eigenvalue weighted by Crippen LogP contribution is 2.35. The third-order valence-electron chi connectivity index (χ3n) is 2.34. The molecule has 0 heterocycles. The average molecular weight is 289 g/mol. The van der Waals surface area contributed by atoms with Crippen LogP contribution in [-0.4, -0.2) is 0 Å². The van der Waals surface area contributed by atoms with Crippen molar-refractivity contribution in [2.45, 2.75) is 0 Å². The van der Waals surface area contributed by atoms with E-state index in [1.54, 1.807) is 18.2 Å². The SMILES string of the molecule is Nc1ccc(F)c(F)c1Nc1c(Cl)cccc1Cl. The fraction of sp³-hybridized carbons (Fsp3) is 0. The average Bonchev–Trinajstić information content (AvgIpc) is 2.33. The molecule has 0 unspecified atom stereocenters. The molecule has 18 heavy (non-hydrogen) atoms. The first kappa shape index (κ1) is 12.9. The van der Waals surface area contributed by atoms with Crippen LogP contribution in [0.4, 0.5) is 25.8 Å². The zero-order valence-electron chi connectivity index (χ0n) is 8.98. The quantitative estimate of drug-likeness (QED) is 0.793. The normalized spacial score (nSPS) is 10.4. The Hall–Kier alpha value is -1.52. The number of nitrogens with one attached hydrogen (secondary N) is 1. The van der Waals surface area contributed by atoms with E-state index >= 15 is 0 Å². The summed E-state index contributed by atoms with van der Waals surface area (Å²) in [6.45, 7) is 0. The first-order valence-corrected chi connectivity index (χ1v) is 5.71. The third kappa shape index (κ3) is 2.35. The van der Waals surface area contributed by atoms with Crippen LogP contribution in [0.25, 0.3) is 0 Å². The Balaban J connectivity index is 2.50. The maximum Gasteiger partial charge on any atom is 0.184 e. The molecule has 0 spiro atoms.